The number of carbonyl (C=O) groups excluding carboxylic acids is 5. The molecule has 65 heavy (non-hydrogen) atoms. The molecule has 11 atom stereocenters. The van der Waals surface area contributed by atoms with E-state index in [-0.39, 0.29) is 38.0 Å². The van der Waals surface area contributed by atoms with Gasteiger partial charge in [0.05, 0.1) is 43.1 Å². The van der Waals surface area contributed by atoms with Crippen LogP contribution in [0.5, 0.6) is 0 Å². The van der Waals surface area contributed by atoms with Crippen molar-refractivity contribution >= 4 is 30.3 Å². The van der Waals surface area contributed by atoms with E-state index in [2.05, 4.69) is 27.8 Å². The highest BCUT2D eigenvalue weighted by molar-refractivity contribution is 5.87. The summed E-state index contributed by atoms with van der Waals surface area (Å²) in [6, 6.07) is -5.42. The third-order valence-corrected chi connectivity index (χ3v) is 11.0. The van der Waals surface area contributed by atoms with Crippen LogP contribution < -0.4 is 27.0 Å². The summed E-state index contributed by atoms with van der Waals surface area (Å²) in [4.78, 5) is 67.4. The van der Waals surface area contributed by atoms with E-state index in [0.717, 1.165) is 4.90 Å². The summed E-state index contributed by atoms with van der Waals surface area (Å²) in [5, 5.41) is 58.5. The molecule has 1 saturated heterocycles. The van der Waals surface area contributed by atoms with E-state index < -0.39 is 132 Å². The molecule has 4 rings (SSSR count). The lowest BCUT2D eigenvalue weighted by molar-refractivity contribution is -0.306. The second kappa shape index (κ2) is 20.2. The van der Waals surface area contributed by atoms with Gasteiger partial charge in [-0.2, -0.15) is 0 Å². The first-order chi connectivity index (χ1) is 29.7. The quantitative estimate of drug-likeness (QED) is 0.105. The summed E-state index contributed by atoms with van der Waals surface area (Å²) in [6.45, 7) is 20.8. The van der Waals surface area contributed by atoms with Gasteiger partial charge in [0.2, 0.25) is 0 Å². The van der Waals surface area contributed by atoms with Crippen molar-refractivity contribution in [3.63, 3.8) is 0 Å². The summed E-state index contributed by atoms with van der Waals surface area (Å²) < 4.78 is 40.3. The van der Waals surface area contributed by atoms with E-state index in [1.54, 1.807) is 68.4 Å². The Morgan fingerprint density at radius 1 is 0.846 bits per heavy atom. The van der Waals surface area contributed by atoms with Crippen molar-refractivity contribution in [2.75, 3.05) is 20.2 Å². The molecule has 2 aliphatic carbocycles. The van der Waals surface area contributed by atoms with Crippen molar-refractivity contribution < 1.29 is 77.6 Å². The van der Waals surface area contributed by atoms with Crippen LogP contribution in [0.1, 0.15) is 102 Å². The fraction of sp³-hybridized carbons (Fsp3) is 0.791. The van der Waals surface area contributed by atoms with Gasteiger partial charge in [-0.3, -0.25) is 4.79 Å². The largest absolute Gasteiger partial charge is 0.491 e. The van der Waals surface area contributed by atoms with Crippen molar-refractivity contribution in [2.45, 2.75) is 191 Å². The minimum absolute atomic E-state index is 0.0814. The molecule has 0 spiro atoms. The molecule has 10 N–H and O–H groups in total. The van der Waals surface area contributed by atoms with Crippen LogP contribution in [0.3, 0.4) is 0 Å². The zero-order valence-electron chi connectivity index (χ0n) is 39.6. The zero-order valence-corrected chi connectivity index (χ0v) is 39.6. The zero-order chi connectivity index (χ0) is 49.2. The Balaban J connectivity index is 1.77. The lowest BCUT2D eigenvalue weighted by Crippen LogP contribution is -2.72. The second-order valence-electron chi connectivity index (χ2n) is 20.6. The molecule has 370 valence electrons. The van der Waals surface area contributed by atoms with E-state index in [0.29, 0.717) is 5.76 Å². The predicted molar refractivity (Wildman–Crippen MR) is 230 cm³/mol. The van der Waals surface area contributed by atoms with Gasteiger partial charge in [-0.25, -0.2) is 19.2 Å². The molecular formula is C43H72N6O16. The molecule has 0 aromatic heterocycles. The number of rotatable bonds is 11. The number of aliphatic hydroxyl groups excluding tert-OH is 2. The van der Waals surface area contributed by atoms with Crippen LogP contribution >= 0.6 is 0 Å². The van der Waals surface area contributed by atoms with Crippen LogP contribution in [-0.2, 0) is 38.0 Å². The minimum Gasteiger partial charge on any atom is -0.491 e. The number of likely N-dealkylation sites (N-methyl/N-ethyl adjacent to an activating group) is 1. The molecule has 5 amide bonds. The Bertz CT molecular complexity index is 1780. The number of ether oxygens (including phenoxy) is 7. The molecule has 0 aromatic carbocycles. The van der Waals surface area contributed by atoms with E-state index in [1.807, 2.05) is 0 Å². The minimum atomic E-state index is -2.02. The second-order valence-corrected chi connectivity index (χ2v) is 20.6. The molecule has 0 bridgehead atoms. The monoisotopic (exact) mass is 929 g/mol. The fourth-order valence-corrected chi connectivity index (χ4v) is 8.41. The number of amides is 5. The molecule has 0 radical (unpaired) electrons. The van der Waals surface area contributed by atoms with Crippen LogP contribution in [0.25, 0.3) is 0 Å². The maximum atomic E-state index is 14.1. The van der Waals surface area contributed by atoms with Crippen molar-refractivity contribution in [1.29, 1.82) is 0 Å². The molecule has 4 aliphatic rings. The van der Waals surface area contributed by atoms with Gasteiger partial charge in [0.25, 0.3) is 5.91 Å². The standard InChI is InChI=1S/C43H72N6O16/c1-21(2)60-35(53)47-24-15-14-23(19-44)61-30(24)27-25(48-37(55)64-40(6,7)8)16-26(46-34(52)43(58)17-22(18-43)45-36(54)63-39(3,4)5)31(28(27)50)62-33-29(51)32(42(12,57)20-59-33)49(13)38(56)65-41(9,10)11/h14,22,24-33,50-51,57-58H,1,15-20,44H2,2-13H3,(H,45,54)(H,46,52)(H,47,53)(H,48,55)/t22?,24-,25+,26-,27-,28+,29-,30?,31+,32-,33-,42+,43?/m1/s1. The number of alkyl carbamates (subject to hydrolysis) is 3. The summed E-state index contributed by atoms with van der Waals surface area (Å²) in [7, 11) is 1.32. The molecule has 1 unspecified atom stereocenters. The van der Waals surface area contributed by atoms with Gasteiger partial charge in [-0.05, 0) is 95.1 Å². The highest BCUT2D eigenvalue weighted by Gasteiger charge is 2.58. The smallest absolute Gasteiger partial charge is 0.412 e. The highest BCUT2D eigenvalue weighted by Crippen LogP contribution is 2.40. The van der Waals surface area contributed by atoms with Gasteiger partial charge in [0.1, 0.15) is 52.1 Å². The average Bonchev–Trinajstić information content (AvgIpc) is 3.10. The molecule has 3 fully saturated rings. The average molecular weight is 929 g/mol. The summed E-state index contributed by atoms with van der Waals surface area (Å²) in [5.74, 6) is -1.77. The Hall–Kier alpha value is -4.45. The van der Waals surface area contributed by atoms with Gasteiger partial charge in [-0.15, -0.1) is 0 Å². The first-order valence-electron chi connectivity index (χ1n) is 21.8. The van der Waals surface area contributed by atoms with Gasteiger partial charge in [0.15, 0.2) is 6.29 Å². The lowest BCUT2D eigenvalue weighted by Gasteiger charge is -2.52. The number of nitrogens with zero attached hydrogens (tertiary/aromatic N) is 1. The molecular weight excluding hydrogens is 856 g/mol. The topological polar surface area (TPSA) is 308 Å². The molecule has 22 heteroatoms. The predicted octanol–water partition coefficient (Wildman–Crippen LogP) is 1.51. The number of hydrogen-bond donors (Lipinski definition) is 9. The summed E-state index contributed by atoms with van der Waals surface area (Å²) in [6.07, 6.45) is -10.4. The van der Waals surface area contributed by atoms with E-state index in [4.69, 9.17) is 38.9 Å². The van der Waals surface area contributed by atoms with Crippen LogP contribution in [0, 0.1) is 5.92 Å². The van der Waals surface area contributed by atoms with Gasteiger partial charge >= 0.3 is 24.4 Å². The van der Waals surface area contributed by atoms with Gasteiger partial charge in [-0.1, -0.05) is 6.58 Å². The maximum Gasteiger partial charge on any atom is 0.412 e. The Morgan fingerprint density at radius 3 is 1.94 bits per heavy atom. The Morgan fingerprint density at radius 2 is 1.40 bits per heavy atom. The first-order valence-corrected chi connectivity index (χ1v) is 21.8. The molecule has 22 nitrogen and oxygen atoms in total. The number of allylic oxidation sites excluding steroid dienone is 1. The van der Waals surface area contributed by atoms with Crippen LogP contribution in [0.4, 0.5) is 19.2 Å². The number of aliphatic hydroxyl groups is 4. The Labute approximate surface area is 380 Å². The van der Waals surface area contributed by atoms with Crippen molar-refractivity contribution in [3.05, 3.63) is 24.2 Å². The number of hydrogen-bond acceptors (Lipinski definition) is 17. The molecule has 0 aromatic rings. The van der Waals surface area contributed by atoms with Crippen LogP contribution in [0.15, 0.2) is 24.2 Å². The maximum absolute atomic E-state index is 14.1. The highest BCUT2D eigenvalue weighted by atomic mass is 16.7. The third-order valence-electron chi connectivity index (χ3n) is 11.0. The summed E-state index contributed by atoms with van der Waals surface area (Å²) >= 11 is 0. The normalized spacial score (nSPS) is 33.9. The fourth-order valence-electron chi connectivity index (χ4n) is 8.41. The molecule has 2 heterocycles. The van der Waals surface area contributed by atoms with Crippen molar-refractivity contribution in [2.24, 2.45) is 11.7 Å². The van der Waals surface area contributed by atoms with Crippen LogP contribution in [-0.4, -0.2) is 165 Å². The van der Waals surface area contributed by atoms with Crippen LogP contribution in [0.2, 0.25) is 0 Å². The van der Waals surface area contributed by atoms with E-state index >= 15 is 0 Å². The van der Waals surface area contributed by atoms with Gasteiger partial charge < -0.3 is 85.5 Å². The van der Waals surface area contributed by atoms with E-state index in [9.17, 15) is 44.4 Å². The lowest BCUT2D eigenvalue weighted by atomic mass is 9.71. The molecule has 2 aliphatic heterocycles. The van der Waals surface area contributed by atoms with Crippen molar-refractivity contribution in [3.8, 4) is 0 Å². The SMILES string of the molecule is C=C(C)OC(=O)N[C@@H]1CC=C(CN)OC1[C@H]1[C@H](O)[C@@H](O[C@H]2OC[C@](C)(O)[C@H](N(C)C(=O)OC(C)(C)C)[C@H]2O)[C@H](NC(=O)C2(O)CC(NC(=O)OC(C)(C)C)C2)C[C@@H]1NC(=O)OC(C)(C)C. The first kappa shape index (κ1) is 53.2. The number of carbonyl (C=O) groups is 5. The Kier molecular flexibility index (Phi) is 16.5. The van der Waals surface area contributed by atoms with Gasteiger partial charge in [0, 0.05) is 37.9 Å². The number of nitrogens with two attached hydrogens (primary N) is 1. The van der Waals surface area contributed by atoms with Crippen molar-refractivity contribution in [1.82, 2.24) is 26.2 Å². The number of nitrogens with one attached hydrogen (secondary N) is 4. The van der Waals surface area contributed by atoms with E-state index in [1.165, 1.54) is 20.9 Å². The molecule has 2 saturated carbocycles. The summed E-state index contributed by atoms with van der Waals surface area (Å²) in [5.41, 5.74) is -0.585. The third kappa shape index (κ3) is 14.3.